The number of aliphatic hydroxyl groups is 1. The Balaban J connectivity index is 3.13. The maximum Gasteiger partial charge on any atom is 0.424 e. The minimum absolute atomic E-state index is 0.0948. The zero-order valence-corrected chi connectivity index (χ0v) is 9.89. The molecule has 1 aromatic rings. The van der Waals surface area contributed by atoms with Crippen LogP contribution in [0.2, 0.25) is 0 Å². The monoisotopic (exact) mass is 302 g/mol. The van der Waals surface area contributed by atoms with Crippen LogP contribution in [0.4, 0.5) is 13.2 Å². The fraction of sp³-hybridized carbons (Fsp3) is 0.625. The van der Waals surface area contributed by atoms with Crippen LogP contribution in [0.25, 0.3) is 0 Å². The van der Waals surface area contributed by atoms with Crippen molar-refractivity contribution >= 4 is 15.9 Å². The molecule has 1 unspecified atom stereocenters. The van der Waals surface area contributed by atoms with Gasteiger partial charge in [-0.05, 0) is 22.4 Å². The number of alkyl halides is 3. The lowest BCUT2D eigenvalue weighted by Crippen LogP contribution is -2.18. The molecular formula is C8H10BrF3N2O2. The second kappa shape index (κ2) is 4.62. The first-order valence-electron chi connectivity index (χ1n) is 4.51. The van der Waals surface area contributed by atoms with Crippen molar-refractivity contribution in [3.8, 4) is 0 Å². The summed E-state index contributed by atoms with van der Waals surface area (Å²) >= 11 is 2.70. The number of H-pyrrole nitrogens is 1. The molecule has 0 aromatic carbocycles. The Hall–Kier alpha value is -0.760. The quantitative estimate of drug-likeness (QED) is 0.893. The van der Waals surface area contributed by atoms with E-state index in [1.165, 1.54) is 0 Å². The Morgan fingerprint density at radius 3 is 2.50 bits per heavy atom. The number of aromatic nitrogens is 2. The van der Waals surface area contributed by atoms with Crippen LogP contribution >= 0.6 is 15.9 Å². The van der Waals surface area contributed by atoms with E-state index >= 15 is 0 Å². The summed E-state index contributed by atoms with van der Waals surface area (Å²) in [6.07, 6.45) is -5.14. The molecule has 0 saturated heterocycles. The lowest BCUT2D eigenvalue weighted by molar-refractivity contribution is -0.139. The number of rotatable bonds is 3. The summed E-state index contributed by atoms with van der Waals surface area (Å²) in [6, 6.07) is 0. The van der Waals surface area contributed by atoms with Gasteiger partial charge in [-0.2, -0.15) is 13.2 Å². The molecule has 92 valence electrons. The van der Waals surface area contributed by atoms with Crippen LogP contribution in [0.15, 0.2) is 9.40 Å². The van der Waals surface area contributed by atoms with Crippen LogP contribution in [0, 0.1) is 0 Å². The molecule has 0 spiro atoms. The number of aliphatic hydroxyl groups excluding tert-OH is 1. The van der Waals surface area contributed by atoms with Crippen LogP contribution in [0.5, 0.6) is 0 Å². The lowest BCUT2D eigenvalue weighted by atomic mass is 10.3. The van der Waals surface area contributed by atoms with E-state index < -0.39 is 28.0 Å². The Bertz CT molecular complexity index is 424. The molecule has 1 aromatic heterocycles. The van der Waals surface area contributed by atoms with Gasteiger partial charge in [-0.15, -0.1) is 0 Å². The molecule has 1 heterocycles. The number of nitrogens with zero attached hydrogens (tertiary/aromatic N) is 1. The topological polar surface area (TPSA) is 58.0 Å². The highest BCUT2D eigenvalue weighted by atomic mass is 79.9. The number of hydrogen-bond acceptors (Lipinski definition) is 2. The predicted octanol–water partition coefficient (Wildman–Crippen LogP) is 1.73. The van der Waals surface area contributed by atoms with Crippen molar-refractivity contribution in [1.29, 1.82) is 0 Å². The molecule has 0 saturated carbocycles. The molecule has 16 heavy (non-hydrogen) atoms. The summed E-state index contributed by atoms with van der Waals surface area (Å²) in [4.78, 5) is 11.1. The largest absolute Gasteiger partial charge is 0.424 e. The number of hydrogen-bond donors (Lipinski definition) is 2. The second-order valence-electron chi connectivity index (χ2n) is 3.28. The fourth-order valence-electron chi connectivity index (χ4n) is 1.17. The van der Waals surface area contributed by atoms with Crippen LogP contribution in [0.3, 0.4) is 0 Å². The van der Waals surface area contributed by atoms with Gasteiger partial charge in [0.05, 0.1) is 12.6 Å². The molecular weight excluding hydrogens is 293 g/mol. The van der Waals surface area contributed by atoms with Crippen LogP contribution in [-0.4, -0.2) is 21.0 Å². The van der Waals surface area contributed by atoms with Gasteiger partial charge in [-0.1, -0.05) is 6.92 Å². The summed E-state index contributed by atoms with van der Waals surface area (Å²) in [5.74, 6) is 0. The van der Waals surface area contributed by atoms with Gasteiger partial charge in [-0.3, -0.25) is 14.6 Å². The van der Waals surface area contributed by atoms with E-state index in [-0.39, 0.29) is 6.54 Å². The van der Waals surface area contributed by atoms with Gasteiger partial charge in [0, 0.05) is 0 Å². The minimum Gasteiger partial charge on any atom is -0.391 e. The van der Waals surface area contributed by atoms with Crippen molar-refractivity contribution in [3.05, 3.63) is 20.5 Å². The molecule has 0 aliphatic carbocycles. The van der Waals surface area contributed by atoms with Gasteiger partial charge >= 0.3 is 6.18 Å². The van der Waals surface area contributed by atoms with E-state index in [1.807, 2.05) is 5.10 Å². The van der Waals surface area contributed by atoms with Gasteiger partial charge in [0.15, 0.2) is 5.56 Å². The van der Waals surface area contributed by atoms with Gasteiger partial charge in [-0.25, -0.2) is 0 Å². The van der Waals surface area contributed by atoms with E-state index in [4.69, 9.17) is 0 Å². The van der Waals surface area contributed by atoms with Crippen molar-refractivity contribution in [2.24, 2.45) is 0 Å². The summed E-state index contributed by atoms with van der Waals surface area (Å²) in [7, 11) is 0. The third-order valence-corrected chi connectivity index (χ3v) is 2.88. The standard InChI is InChI=1S/C8H10BrF3N2O2/c1-2-4(15)3-14-6(9)5(7(16)13-14)8(10,11)12/h4,15H,2-3H2,1H3,(H,13,16). The van der Waals surface area contributed by atoms with Crippen molar-refractivity contribution in [1.82, 2.24) is 9.78 Å². The molecule has 0 fully saturated rings. The van der Waals surface area contributed by atoms with Gasteiger partial charge in [0.25, 0.3) is 5.56 Å². The van der Waals surface area contributed by atoms with Gasteiger partial charge in [0.2, 0.25) is 0 Å². The molecule has 8 heteroatoms. The van der Waals surface area contributed by atoms with Gasteiger partial charge < -0.3 is 5.11 Å². The summed E-state index contributed by atoms with van der Waals surface area (Å²) in [5, 5.41) is 11.3. The van der Waals surface area contributed by atoms with E-state index in [0.29, 0.717) is 6.42 Å². The average molecular weight is 303 g/mol. The molecule has 0 amide bonds. The SMILES string of the molecule is CCC(O)Cn1[nH]c(=O)c(C(F)(F)F)c1Br. The van der Waals surface area contributed by atoms with Gasteiger partial charge in [0.1, 0.15) is 4.60 Å². The zero-order valence-electron chi connectivity index (χ0n) is 8.31. The lowest BCUT2D eigenvalue weighted by Gasteiger charge is -2.10. The molecule has 4 nitrogen and oxygen atoms in total. The summed E-state index contributed by atoms with van der Waals surface area (Å²) in [6.45, 7) is 1.59. The first-order valence-corrected chi connectivity index (χ1v) is 5.30. The minimum atomic E-state index is -4.71. The normalized spacial score (nSPS) is 14.1. The van der Waals surface area contributed by atoms with Crippen LogP contribution in [0.1, 0.15) is 18.9 Å². The highest BCUT2D eigenvalue weighted by molar-refractivity contribution is 9.10. The number of halogens is 4. The fourth-order valence-corrected chi connectivity index (χ4v) is 1.81. The zero-order chi connectivity index (χ0) is 12.5. The van der Waals surface area contributed by atoms with E-state index in [9.17, 15) is 23.1 Å². The van der Waals surface area contributed by atoms with Crippen LogP contribution < -0.4 is 5.56 Å². The third kappa shape index (κ3) is 2.67. The maximum absolute atomic E-state index is 12.4. The summed E-state index contributed by atoms with van der Waals surface area (Å²) in [5.41, 5.74) is -2.50. The van der Waals surface area contributed by atoms with Crippen LogP contribution in [-0.2, 0) is 12.7 Å². The van der Waals surface area contributed by atoms with E-state index in [1.54, 1.807) is 6.92 Å². The van der Waals surface area contributed by atoms with E-state index in [0.717, 1.165) is 4.68 Å². The molecule has 0 aliphatic heterocycles. The Morgan fingerprint density at radius 1 is 1.56 bits per heavy atom. The highest BCUT2D eigenvalue weighted by Crippen LogP contribution is 2.32. The number of aromatic amines is 1. The average Bonchev–Trinajstić information content (AvgIpc) is 2.40. The first kappa shape index (κ1) is 13.3. The second-order valence-corrected chi connectivity index (χ2v) is 4.03. The van der Waals surface area contributed by atoms with E-state index in [2.05, 4.69) is 15.9 Å². The van der Waals surface area contributed by atoms with Crippen molar-refractivity contribution in [2.45, 2.75) is 32.2 Å². The predicted molar refractivity (Wildman–Crippen MR) is 54.1 cm³/mol. The smallest absolute Gasteiger partial charge is 0.391 e. The van der Waals surface area contributed by atoms with Crippen molar-refractivity contribution in [2.75, 3.05) is 0 Å². The molecule has 0 bridgehead atoms. The molecule has 0 radical (unpaired) electrons. The number of nitrogens with one attached hydrogen (secondary N) is 1. The third-order valence-electron chi connectivity index (χ3n) is 2.05. The Kier molecular flexibility index (Phi) is 3.84. The Morgan fingerprint density at radius 2 is 2.12 bits per heavy atom. The van der Waals surface area contributed by atoms with Crippen molar-refractivity contribution in [3.63, 3.8) is 0 Å². The molecule has 1 atom stereocenters. The first-order chi connectivity index (χ1) is 7.27. The molecule has 1 rings (SSSR count). The Labute approximate surface area is 97.2 Å². The highest BCUT2D eigenvalue weighted by Gasteiger charge is 2.38. The molecule has 2 N–H and O–H groups in total. The summed E-state index contributed by atoms with van der Waals surface area (Å²) < 4.78 is 37.8. The van der Waals surface area contributed by atoms with Crippen molar-refractivity contribution < 1.29 is 18.3 Å². The maximum atomic E-state index is 12.4. The molecule has 0 aliphatic rings.